The van der Waals surface area contributed by atoms with Crippen LogP contribution in [-0.2, 0) is 11.3 Å². The minimum Gasteiger partial charge on any atom is -0.497 e. The average Bonchev–Trinajstić information content (AvgIpc) is 2.70. The number of amides is 1. The molecule has 134 valence electrons. The smallest absolute Gasteiger partial charge is 0.234 e. The zero-order valence-electron chi connectivity index (χ0n) is 15.2. The molecule has 26 heavy (non-hydrogen) atoms. The van der Waals surface area contributed by atoms with Gasteiger partial charge in [0.15, 0.2) is 0 Å². The van der Waals surface area contributed by atoms with Gasteiger partial charge in [-0.1, -0.05) is 54.6 Å². The molecule has 0 fully saturated rings. The van der Waals surface area contributed by atoms with Crippen molar-refractivity contribution in [1.82, 2.24) is 10.6 Å². The molecule has 0 aliphatic heterocycles. The molecule has 0 radical (unpaired) electrons. The van der Waals surface area contributed by atoms with Crippen molar-refractivity contribution >= 4 is 16.7 Å². The highest BCUT2D eigenvalue weighted by molar-refractivity contribution is 5.86. The van der Waals surface area contributed by atoms with Crippen molar-refractivity contribution in [2.24, 2.45) is 0 Å². The fraction of sp³-hybridized carbons (Fsp3) is 0.227. The fourth-order valence-corrected chi connectivity index (χ4v) is 2.99. The van der Waals surface area contributed by atoms with Crippen LogP contribution in [0.25, 0.3) is 10.8 Å². The molecule has 1 atom stereocenters. The fourth-order valence-electron chi connectivity index (χ4n) is 2.99. The van der Waals surface area contributed by atoms with Gasteiger partial charge < -0.3 is 15.4 Å². The SMILES string of the molecule is COc1ccc(CNC(=O)CNC(C)c2cccc3ccccc23)cc1. The second-order valence-corrected chi connectivity index (χ2v) is 6.30. The molecule has 0 aromatic heterocycles. The summed E-state index contributed by atoms with van der Waals surface area (Å²) in [4.78, 5) is 12.1. The Morgan fingerprint density at radius 3 is 2.50 bits per heavy atom. The van der Waals surface area contributed by atoms with Gasteiger partial charge >= 0.3 is 0 Å². The molecule has 2 N–H and O–H groups in total. The first-order chi connectivity index (χ1) is 12.7. The van der Waals surface area contributed by atoms with Crippen LogP contribution in [0.4, 0.5) is 0 Å². The van der Waals surface area contributed by atoms with Crippen molar-refractivity contribution in [2.45, 2.75) is 19.5 Å². The minimum absolute atomic E-state index is 0.0205. The highest BCUT2D eigenvalue weighted by atomic mass is 16.5. The summed E-state index contributed by atoms with van der Waals surface area (Å²) >= 11 is 0. The summed E-state index contributed by atoms with van der Waals surface area (Å²) in [6.07, 6.45) is 0. The second kappa shape index (κ2) is 8.50. The Balaban J connectivity index is 1.53. The van der Waals surface area contributed by atoms with E-state index >= 15 is 0 Å². The number of carbonyl (C=O) groups excluding carboxylic acids is 1. The molecule has 3 aromatic carbocycles. The van der Waals surface area contributed by atoms with Gasteiger partial charge in [-0.05, 0) is 41.0 Å². The molecular weight excluding hydrogens is 324 g/mol. The predicted octanol–water partition coefficient (Wildman–Crippen LogP) is 3.82. The van der Waals surface area contributed by atoms with Crippen molar-refractivity contribution < 1.29 is 9.53 Å². The van der Waals surface area contributed by atoms with E-state index in [1.54, 1.807) is 7.11 Å². The Labute approximate surface area is 154 Å². The number of fused-ring (bicyclic) bond motifs is 1. The maximum atomic E-state index is 12.1. The van der Waals surface area contributed by atoms with Crippen LogP contribution in [0.3, 0.4) is 0 Å². The zero-order chi connectivity index (χ0) is 18.4. The number of carbonyl (C=O) groups is 1. The summed E-state index contributed by atoms with van der Waals surface area (Å²) < 4.78 is 5.13. The van der Waals surface area contributed by atoms with Crippen LogP contribution >= 0.6 is 0 Å². The molecule has 4 nitrogen and oxygen atoms in total. The molecule has 0 saturated heterocycles. The third kappa shape index (κ3) is 4.41. The van der Waals surface area contributed by atoms with E-state index in [-0.39, 0.29) is 18.5 Å². The van der Waals surface area contributed by atoms with E-state index < -0.39 is 0 Å². The average molecular weight is 348 g/mol. The van der Waals surface area contributed by atoms with Crippen molar-refractivity contribution in [3.8, 4) is 5.75 Å². The highest BCUT2D eigenvalue weighted by Crippen LogP contribution is 2.23. The molecule has 4 heteroatoms. The van der Waals surface area contributed by atoms with Gasteiger partial charge in [0, 0.05) is 12.6 Å². The van der Waals surface area contributed by atoms with Gasteiger partial charge in [0.1, 0.15) is 5.75 Å². The Morgan fingerprint density at radius 1 is 1.00 bits per heavy atom. The molecular formula is C22H24N2O2. The molecule has 1 unspecified atom stereocenters. The van der Waals surface area contributed by atoms with E-state index in [1.807, 2.05) is 36.4 Å². The number of nitrogens with one attached hydrogen (secondary N) is 2. The molecule has 1 amide bonds. The predicted molar refractivity (Wildman–Crippen MR) is 105 cm³/mol. The van der Waals surface area contributed by atoms with E-state index in [1.165, 1.54) is 16.3 Å². The number of methoxy groups -OCH3 is 1. The quantitative estimate of drug-likeness (QED) is 0.682. The van der Waals surface area contributed by atoms with Crippen LogP contribution < -0.4 is 15.4 Å². The standard InChI is InChI=1S/C22H24N2O2/c1-16(20-9-5-7-18-6-3-4-8-21(18)20)23-15-22(25)24-14-17-10-12-19(26-2)13-11-17/h3-13,16,23H,14-15H2,1-2H3,(H,24,25). The summed E-state index contributed by atoms with van der Waals surface area (Å²) in [5.74, 6) is 0.790. The van der Waals surface area contributed by atoms with Gasteiger partial charge in [0.05, 0.1) is 13.7 Å². The highest BCUT2D eigenvalue weighted by Gasteiger charge is 2.10. The van der Waals surface area contributed by atoms with E-state index in [2.05, 4.69) is 47.9 Å². The number of ether oxygens (including phenoxy) is 1. The summed E-state index contributed by atoms with van der Waals surface area (Å²) in [5.41, 5.74) is 2.24. The summed E-state index contributed by atoms with van der Waals surface area (Å²) in [6, 6.07) is 22.3. The van der Waals surface area contributed by atoms with Gasteiger partial charge in [0.2, 0.25) is 5.91 Å². The van der Waals surface area contributed by atoms with Crippen LogP contribution in [0.15, 0.2) is 66.7 Å². The van der Waals surface area contributed by atoms with Gasteiger partial charge in [-0.3, -0.25) is 4.79 Å². The van der Waals surface area contributed by atoms with Crippen molar-refractivity contribution in [2.75, 3.05) is 13.7 Å². The van der Waals surface area contributed by atoms with Crippen LogP contribution in [0.1, 0.15) is 24.1 Å². The summed E-state index contributed by atoms with van der Waals surface area (Å²) in [6.45, 7) is 2.87. The summed E-state index contributed by atoms with van der Waals surface area (Å²) in [7, 11) is 1.64. The lowest BCUT2D eigenvalue weighted by Crippen LogP contribution is -2.34. The Kier molecular flexibility index (Phi) is 5.87. The Morgan fingerprint density at radius 2 is 1.73 bits per heavy atom. The van der Waals surface area contributed by atoms with E-state index in [0.717, 1.165) is 11.3 Å². The molecule has 0 heterocycles. The Bertz CT molecular complexity index is 869. The number of hydrogen-bond donors (Lipinski definition) is 2. The van der Waals surface area contributed by atoms with Crippen LogP contribution in [-0.4, -0.2) is 19.6 Å². The first-order valence-electron chi connectivity index (χ1n) is 8.78. The van der Waals surface area contributed by atoms with Crippen molar-refractivity contribution in [3.05, 3.63) is 77.9 Å². The van der Waals surface area contributed by atoms with Crippen LogP contribution in [0, 0.1) is 0 Å². The maximum absolute atomic E-state index is 12.1. The topological polar surface area (TPSA) is 50.4 Å². The second-order valence-electron chi connectivity index (χ2n) is 6.30. The normalized spacial score (nSPS) is 11.9. The Hall–Kier alpha value is -2.85. The lowest BCUT2D eigenvalue weighted by atomic mass is 10.00. The maximum Gasteiger partial charge on any atom is 0.234 e. The third-order valence-electron chi connectivity index (χ3n) is 4.51. The van der Waals surface area contributed by atoms with E-state index in [4.69, 9.17) is 4.74 Å². The van der Waals surface area contributed by atoms with Crippen LogP contribution in [0.5, 0.6) is 5.75 Å². The number of hydrogen-bond acceptors (Lipinski definition) is 3. The summed E-state index contributed by atoms with van der Waals surface area (Å²) in [5, 5.41) is 8.68. The molecule has 0 bridgehead atoms. The number of rotatable bonds is 7. The number of benzene rings is 3. The van der Waals surface area contributed by atoms with Crippen LogP contribution in [0.2, 0.25) is 0 Å². The molecule has 3 aromatic rings. The van der Waals surface area contributed by atoms with Crippen molar-refractivity contribution in [1.29, 1.82) is 0 Å². The van der Waals surface area contributed by atoms with Gasteiger partial charge in [-0.2, -0.15) is 0 Å². The van der Waals surface area contributed by atoms with Crippen molar-refractivity contribution in [3.63, 3.8) is 0 Å². The molecule has 0 saturated carbocycles. The third-order valence-corrected chi connectivity index (χ3v) is 4.51. The first-order valence-corrected chi connectivity index (χ1v) is 8.78. The monoisotopic (exact) mass is 348 g/mol. The van der Waals surface area contributed by atoms with Gasteiger partial charge in [0.25, 0.3) is 0 Å². The molecule has 0 aliphatic rings. The van der Waals surface area contributed by atoms with E-state index in [9.17, 15) is 4.79 Å². The van der Waals surface area contributed by atoms with Gasteiger partial charge in [-0.25, -0.2) is 0 Å². The molecule has 0 spiro atoms. The zero-order valence-corrected chi connectivity index (χ0v) is 15.2. The molecule has 3 rings (SSSR count). The lowest BCUT2D eigenvalue weighted by Gasteiger charge is -2.16. The lowest BCUT2D eigenvalue weighted by molar-refractivity contribution is -0.120. The molecule has 0 aliphatic carbocycles. The van der Waals surface area contributed by atoms with E-state index in [0.29, 0.717) is 6.54 Å². The minimum atomic E-state index is -0.0205. The van der Waals surface area contributed by atoms with Gasteiger partial charge in [-0.15, -0.1) is 0 Å². The largest absolute Gasteiger partial charge is 0.497 e. The first kappa shape index (κ1) is 18.0.